The van der Waals surface area contributed by atoms with E-state index in [9.17, 15) is 18.4 Å². The molecule has 0 aliphatic rings. The Morgan fingerprint density at radius 1 is 1.14 bits per heavy atom. The summed E-state index contributed by atoms with van der Waals surface area (Å²) in [6.07, 6.45) is 2.94. The molecule has 0 saturated carbocycles. The van der Waals surface area contributed by atoms with Crippen molar-refractivity contribution < 1.29 is 23.5 Å². The molecule has 2 N–H and O–H groups in total. The van der Waals surface area contributed by atoms with E-state index in [4.69, 9.17) is 5.11 Å². The van der Waals surface area contributed by atoms with E-state index >= 15 is 0 Å². The molecule has 150 valence electrons. The number of halogens is 2. The number of hydrogen-bond acceptors (Lipinski definition) is 3. The SMILES string of the molecule is CC(C)c1cc(C(=O)Nc2ccc(C(=O)O)cn2)n(Cc2ccc(F)c(F)c2)c1. The second kappa shape index (κ2) is 8.22. The van der Waals surface area contributed by atoms with E-state index in [0.717, 1.165) is 23.9 Å². The zero-order chi connectivity index (χ0) is 21.1. The fourth-order valence-corrected chi connectivity index (χ4v) is 2.78. The Morgan fingerprint density at radius 2 is 1.90 bits per heavy atom. The second-order valence-electron chi connectivity index (χ2n) is 6.88. The molecule has 3 aromatic rings. The molecule has 0 saturated heterocycles. The molecule has 2 heterocycles. The minimum atomic E-state index is -1.11. The van der Waals surface area contributed by atoms with Gasteiger partial charge in [0.15, 0.2) is 11.6 Å². The van der Waals surface area contributed by atoms with E-state index in [1.807, 2.05) is 13.8 Å². The molecule has 29 heavy (non-hydrogen) atoms. The van der Waals surface area contributed by atoms with Gasteiger partial charge < -0.3 is 15.0 Å². The highest BCUT2D eigenvalue weighted by Crippen LogP contribution is 2.21. The summed E-state index contributed by atoms with van der Waals surface area (Å²) < 4.78 is 28.4. The largest absolute Gasteiger partial charge is 0.478 e. The van der Waals surface area contributed by atoms with E-state index < -0.39 is 23.5 Å². The summed E-state index contributed by atoms with van der Waals surface area (Å²) >= 11 is 0. The number of carbonyl (C=O) groups excluding carboxylic acids is 1. The van der Waals surface area contributed by atoms with Crippen LogP contribution in [0.25, 0.3) is 0 Å². The van der Waals surface area contributed by atoms with E-state index in [2.05, 4.69) is 10.3 Å². The Labute approximate surface area is 165 Å². The second-order valence-corrected chi connectivity index (χ2v) is 6.88. The fraction of sp³-hybridized carbons (Fsp3) is 0.190. The number of pyridine rings is 1. The molecule has 8 heteroatoms. The highest BCUT2D eigenvalue weighted by molar-refractivity contribution is 6.03. The molecule has 6 nitrogen and oxygen atoms in total. The minimum absolute atomic E-state index is 0.00630. The van der Waals surface area contributed by atoms with E-state index in [1.165, 1.54) is 18.2 Å². The number of aromatic nitrogens is 2. The lowest BCUT2D eigenvalue weighted by Crippen LogP contribution is -2.18. The smallest absolute Gasteiger partial charge is 0.337 e. The Kier molecular flexibility index (Phi) is 5.72. The first kappa shape index (κ1) is 20.2. The number of nitrogens with zero attached hydrogens (tertiary/aromatic N) is 2. The summed E-state index contributed by atoms with van der Waals surface area (Å²) in [7, 11) is 0. The van der Waals surface area contributed by atoms with E-state index in [0.29, 0.717) is 11.3 Å². The Bertz CT molecular complexity index is 1060. The number of carboxylic acids is 1. The van der Waals surface area contributed by atoms with Crippen molar-refractivity contribution in [1.29, 1.82) is 0 Å². The quantitative estimate of drug-likeness (QED) is 0.648. The highest BCUT2D eigenvalue weighted by atomic mass is 19.2. The third-order valence-corrected chi connectivity index (χ3v) is 4.41. The molecule has 0 radical (unpaired) electrons. The van der Waals surface area contributed by atoms with Gasteiger partial charge in [-0.3, -0.25) is 4.79 Å². The van der Waals surface area contributed by atoms with Crippen molar-refractivity contribution in [2.75, 3.05) is 5.32 Å². The third kappa shape index (κ3) is 4.66. The summed E-state index contributed by atoms with van der Waals surface area (Å²) in [5.41, 5.74) is 1.74. The number of nitrogens with one attached hydrogen (secondary N) is 1. The number of benzene rings is 1. The van der Waals surface area contributed by atoms with Gasteiger partial charge in [0.2, 0.25) is 0 Å². The molecule has 0 bridgehead atoms. The van der Waals surface area contributed by atoms with Gasteiger partial charge in [-0.15, -0.1) is 0 Å². The molecule has 0 unspecified atom stereocenters. The average molecular weight is 399 g/mol. The summed E-state index contributed by atoms with van der Waals surface area (Å²) in [6, 6.07) is 8.06. The van der Waals surface area contributed by atoms with E-state index in [-0.39, 0.29) is 23.8 Å². The van der Waals surface area contributed by atoms with E-state index in [1.54, 1.807) is 16.8 Å². The van der Waals surface area contributed by atoms with Crippen LogP contribution >= 0.6 is 0 Å². The van der Waals surface area contributed by atoms with Crippen molar-refractivity contribution in [2.24, 2.45) is 0 Å². The van der Waals surface area contributed by atoms with Crippen molar-refractivity contribution in [3.05, 3.63) is 82.8 Å². The third-order valence-electron chi connectivity index (χ3n) is 4.41. The molecule has 0 atom stereocenters. The lowest BCUT2D eigenvalue weighted by molar-refractivity contribution is 0.0696. The van der Waals surface area contributed by atoms with Gasteiger partial charge in [-0.2, -0.15) is 0 Å². The van der Waals surface area contributed by atoms with Crippen molar-refractivity contribution >= 4 is 17.7 Å². The van der Waals surface area contributed by atoms with Crippen LogP contribution in [0.5, 0.6) is 0 Å². The number of aromatic carboxylic acids is 1. The first-order valence-corrected chi connectivity index (χ1v) is 8.89. The van der Waals surface area contributed by atoms with Crippen molar-refractivity contribution in [3.63, 3.8) is 0 Å². The van der Waals surface area contributed by atoms with Gasteiger partial charge in [-0.1, -0.05) is 19.9 Å². The molecule has 1 aromatic carbocycles. The van der Waals surface area contributed by atoms with Gasteiger partial charge in [0.1, 0.15) is 11.5 Å². The Balaban J connectivity index is 1.87. The predicted octanol–water partition coefficient (Wildman–Crippen LogP) is 4.28. The highest BCUT2D eigenvalue weighted by Gasteiger charge is 2.17. The monoisotopic (exact) mass is 399 g/mol. The molecule has 3 rings (SSSR count). The average Bonchev–Trinajstić information content (AvgIpc) is 3.09. The van der Waals surface area contributed by atoms with Crippen molar-refractivity contribution in [3.8, 4) is 0 Å². The van der Waals surface area contributed by atoms with Gasteiger partial charge in [0.05, 0.1) is 5.56 Å². The molecule has 1 amide bonds. The molecule has 0 aliphatic heterocycles. The number of hydrogen-bond donors (Lipinski definition) is 2. The number of carbonyl (C=O) groups is 2. The minimum Gasteiger partial charge on any atom is -0.478 e. The van der Waals surface area contributed by atoms with Crippen LogP contribution in [-0.4, -0.2) is 26.5 Å². The molecule has 0 aliphatic carbocycles. The van der Waals surface area contributed by atoms with Crippen molar-refractivity contribution in [2.45, 2.75) is 26.3 Å². The Morgan fingerprint density at radius 3 is 2.48 bits per heavy atom. The van der Waals surface area contributed by atoms with Gasteiger partial charge >= 0.3 is 5.97 Å². The number of rotatable bonds is 6. The maximum atomic E-state index is 13.5. The van der Waals surface area contributed by atoms with Crippen molar-refractivity contribution in [1.82, 2.24) is 9.55 Å². The summed E-state index contributed by atoms with van der Waals surface area (Å²) in [5, 5.41) is 11.5. The van der Waals surface area contributed by atoms with Crippen LogP contribution in [0.4, 0.5) is 14.6 Å². The summed E-state index contributed by atoms with van der Waals surface area (Å²) in [4.78, 5) is 27.6. The van der Waals surface area contributed by atoms with Gasteiger partial charge in [-0.25, -0.2) is 18.6 Å². The number of amides is 1. The molecule has 2 aromatic heterocycles. The lowest BCUT2D eigenvalue weighted by atomic mass is 10.1. The fourth-order valence-electron chi connectivity index (χ4n) is 2.78. The lowest BCUT2D eigenvalue weighted by Gasteiger charge is -2.10. The zero-order valence-corrected chi connectivity index (χ0v) is 15.8. The van der Waals surface area contributed by atoms with Crippen LogP contribution in [0.15, 0.2) is 48.8 Å². The van der Waals surface area contributed by atoms with Gasteiger partial charge in [0.25, 0.3) is 5.91 Å². The maximum absolute atomic E-state index is 13.5. The first-order valence-electron chi connectivity index (χ1n) is 8.89. The van der Waals surface area contributed by atoms with Crippen LogP contribution in [0.3, 0.4) is 0 Å². The molecular weight excluding hydrogens is 380 g/mol. The number of anilines is 1. The first-order chi connectivity index (χ1) is 13.7. The summed E-state index contributed by atoms with van der Waals surface area (Å²) in [6.45, 7) is 4.13. The van der Waals surface area contributed by atoms with Crippen LogP contribution in [-0.2, 0) is 6.54 Å². The zero-order valence-electron chi connectivity index (χ0n) is 15.8. The van der Waals surface area contributed by atoms with Gasteiger partial charge in [-0.05, 0) is 47.4 Å². The maximum Gasteiger partial charge on any atom is 0.337 e. The molecule has 0 spiro atoms. The van der Waals surface area contributed by atoms with Crippen LogP contribution in [0, 0.1) is 11.6 Å². The van der Waals surface area contributed by atoms with Crippen LogP contribution in [0.2, 0.25) is 0 Å². The molecular formula is C21H19F2N3O3. The standard InChI is InChI=1S/C21H19F2N3O3/c1-12(2)15-8-18(20(27)25-19-6-4-14(9-24-19)21(28)29)26(11-15)10-13-3-5-16(22)17(23)7-13/h3-9,11-12H,10H2,1-2H3,(H,28,29)(H,24,25,27). The summed E-state index contributed by atoms with van der Waals surface area (Å²) in [5.74, 6) is -3.09. The predicted molar refractivity (Wildman–Crippen MR) is 103 cm³/mol. The van der Waals surface area contributed by atoms with Gasteiger partial charge in [0, 0.05) is 18.9 Å². The van der Waals surface area contributed by atoms with Crippen LogP contribution < -0.4 is 5.32 Å². The molecule has 0 fully saturated rings. The normalized spacial score (nSPS) is 10.9. The van der Waals surface area contributed by atoms with Crippen LogP contribution in [0.1, 0.15) is 51.7 Å². The topological polar surface area (TPSA) is 84.2 Å². The number of carboxylic acid groups (broad SMARTS) is 1. The Hall–Kier alpha value is -3.55.